The van der Waals surface area contributed by atoms with Crippen molar-refractivity contribution in [3.63, 3.8) is 0 Å². The minimum atomic E-state index is -0.0625. The Kier molecular flexibility index (Phi) is 7.11. The number of nitrogens with zero attached hydrogens (tertiary/aromatic N) is 2. The zero-order valence-electron chi connectivity index (χ0n) is 17.3. The van der Waals surface area contributed by atoms with Crippen LogP contribution in [-0.2, 0) is 17.6 Å². The molecule has 0 spiro atoms. The van der Waals surface area contributed by atoms with Crippen molar-refractivity contribution in [2.45, 2.75) is 25.7 Å². The van der Waals surface area contributed by atoms with Crippen molar-refractivity contribution in [3.05, 3.63) is 65.5 Å². The quantitative estimate of drug-likeness (QED) is 0.550. The summed E-state index contributed by atoms with van der Waals surface area (Å²) in [5, 5.41) is 3.01. The van der Waals surface area contributed by atoms with Gasteiger partial charge in [-0.2, -0.15) is 0 Å². The fraction of sp³-hybridized carbons (Fsp3) is 0.417. The van der Waals surface area contributed by atoms with Gasteiger partial charge in [0, 0.05) is 31.6 Å². The first-order valence-corrected chi connectivity index (χ1v) is 10.8. The van der Waals surface area contributed by atoms with Crippen LogP contribution in [0.3, 0.4) is 0 Å². The van der Waals surface area contributed by atoms with Gasteiger partial charge in [-0.05, 0) is 49.6 Å². The summed E-state index contributed by atoms with van der Waals surface area (Å²) in [7, 11) is 0. The lowest BCUT2D eigenvalue weighted by atomic mass is 10.1. The van der Waals surface area contributed by atoms with Crippen molar-refractivity contribution in [3.8, 4) is 0 Å². The van der Waals surface area contributed by atoms with Gasteiger partial charge in [-0.15, -0.1) is 0 Å². The number of carbonyl (C=O) groups is 1. The molecule has 1 aliphatic heterocycles. The van der Waals surface area contributed by atoms with Crippen LogP contribution in [0.15, 0.2) is 52.9 Å². The number of aryl methyl sites for hydroxylation is 2. The third-order valence-corrected chi connectivity index (χ3v) is 5.43. The van der Waals surface area contributed by atoms with Gasteiger partial charge in [-0.3, -0.25) is 9.69 Å². The minimum absolute atomic E-state index is 0.0625. The van der Waals surface area contributed by atoms with Crippen molar-refractivity contribution in [1.82, 2.24) is 15.2 Å². The van der Waals surface area contributed by atoms with E-state index >= 15 is 0 Å². The lowest BCUT2D eigenvalue weighted by Gasteiger charge is -2.26. The molecule has 0 unspecified atom stereocenters. The first-order chi connectivity index (χ1) is 14.8. The number of oxazole rings is 1. The summed E-state index contributed by atoms with van der Waals surface area (Å²) >= 11 is 0. The van der Waals surface area contributed by atoms with Crippen LogP contribution in [0.4, 0.5) is 0 Å². The second-order valence-corrected chi connectivity index (χ2v) is 7.69. The highest BCUT2D eigenvalue weighted by Crippen LogP contribution is 2.19. The largest absolute Gasteiger partial charge is 0.441 e. The van der Waals surface area contributed by atoms with Gasteiger partial charge in [-0.1, -0.05) is 30.3 Å². The summed E-state index contributed by atoms with van der Waals surface area (Å²) in [4.78, 5) is 19.4. The van der Waals surface area contributed by atoms with Gasteiger partial charge >= 0.3 is 0 Å². The second-order valence-electron chi connectivity index (χ2n) is 7.69. The van der Waals surface area contributed by atoms with Gasteiger partial charge in [0.15, 0.2) is 11.5 Å². The number of morpholine rings is 1. The first-order valence-electron chi connectivity index (χ1n) is 10.8. The zero-order valence-corrected chi connectivity index (χ0v) is 17.3. The van der Waals surface area contributed by atoms with Crippen LogP contribution in [-0.4, -0.2) is 55.2 Å². The number of aromatic nitrogens is 1. The van der Waals surface area contributed by atoms with Crippen LogP contribution in [0.25, 0.3) is 11.1 Å². The average Bonchev–Trinajstić information content (AvgIpc) is 3.20. The number of rotatable bonds is 9. The molecule has 158 valence electrons. The highest BCUT2D eigenvalue weighted by atomic mass is 16.5. The molecule has 6 heteroatoms. The van der Waals surface area contributed by atoms with Gasteiger partial charge in [0.1, 0.15) is 5.52 Å². The number of fused-ring (bicyclic) bond motifs is 1. The molecule has 30 heavy (non-hydrogen) atoms. The fourth-order valence-electron chi connectivity index (χ4n) is 3.74. The standard InChI is InChI=1S/C24H29N3O3/c28-24(25-12-5-13-27-14-16-29-17-15-27)20-10-11-22-21(18-20)26-23(30-22)9-4-8-19-6-2-1-3-7-19/h1-3,6-7,10-11,18H,4-5,8-9,12-17H2,(H,25,28). The van der Waals surface area contributed by atoms with Crippen LogP contribution in [0.5, 0.6) is 0 Å². The maximum atomic E-state index is 12.5. The predicted molar refractivity (Wildman–Crippen MR) is 117 cm³/mol. The van der Waals surface area contributed by atoms with Gasteiger partial charge in [0.05, 0.1) is 13.2 Å². The Morgan fingerprint density at radius 3 is 2.70 bits per heavy atom. The van der Waals surface area contributed by atoms with Gasteiger partial charge in [-0.25, -0.2) is 4.98 Å². The van der Waals surface area contributed by atoms with E-state index in [0.717, 1.165) is 75.5 Å². The molecule has 6 nitrogen and oxygen atoms in total. The number of nitrogens with one attached hydrogen (secondary N) is 1. The van der Waals surface area contributed by atoms with E-state index in [-0.39, 0.29) is 5.91 Å². The molecular formula is C24H29N3O3. The van der Waals surface area contributed by atoms with E-state index in [0.29, 0.717) is 12.1 Å². The molecule has 0 radical (unpaired) electrons. The van der Waals surface area contributed by atoms with Gasteiger partial charge < -0.3 is 14.5 Å². The van der Waals surface area contributed by atoms with E-state index in [2.05, 4.69) is 39.5 Å². The van der Waals surface area contributed by atoms with Gasteiger partial charge in [0.2, 0.25) is 0 Å². The van der Waals surface area contributed by atoms with Gasteiger partial charge in [0.25, 0.3) is 5.91 Å². The van der Waals surface area contributed by atoms with Crippen molar-refractivity contribution < 1.29 is 13.9 Å². The van der Waals surface area contributed by atoms with Crippen LogP contribution >= 0.6 is 0 Å². The zero-order chi connectivity index (χ0) is 20.6. The molecule has 1 saturated heterocycles. The summed E-state index contributed by atoms with van der Waals surface area (Å²) in [6.07, 6.45) is 3.70. The molecule has 0 aliphatic carbocycles. The number of amides is 1. The van der Waals surface area contributed by atoms with Crippen LogP contribution in [0, 0.1) is 0 Å². The average molecular weight is 408 g/mol. The third kappa shape index (κ3) is 5.68. The molecule has 0 saturated carbocycles. The summed E-state index contributed by atoms with van der Waals surface area (Å²) in [6.45, 7) is 5.21. The van der Waals surface area contributed by atoms with Crippen LogP contribution < -0.4 is 5.32 Å². The SMILES string of the molecule is O=C(NCCCN1CCOCC1)c1ccc2oc(CCCc3ccccc3)nc2c1. The van der Waals surface area contributed by atoms with E-state index in [1.807, 2.05) is 18.2 Å². The van der Waals surface area contributed by atoms with E-state index in [4.69, 9.17) is 9.15 Å². The molecule has 1 aliphatic rings. The molecule has 2 aromatic carbocycles. The molecule has 0 bridgehead atoms. The third-order valence-electron chi connectivity index (χ3n) is 5.43. The summed E-state index contributed by atoms with van der Waals surface area (Å²) in [5.41, 5.74) is 3.42. The monoisotopic (exact) mass is 407 g/mol. The smallest absolute Gasteiger partial charge is 0.251 e. The Bertz CT molecular complexity index is 949. The lowest BCUT2D eigenvalue weighted by molar-refractivity contribution is 0.0374. The molecule has 1 aromatic heterocycles. The van der Waals surface area contributed by atoms with Crippen molar-refractivity contribution in [2.75, 3.05) is 39.4 Å². The maximum Gasteiger partial charge on any atom is 0.251 e. The fourth-order valence-corrected chi connectivity index (χ4v) is 3.74. The Morgan fingerprint density at radius 1 is 1.03 bits per heavy atom. The Morgan fingerprint density at radius 2 is 1.87 bits per heavy atom. The molecule has 1 fully saturated rings. The molecule has 2 heterocycles. The molecular weight excluding hydrogens is 378 g/mol. The number of hydrogen-bond acceptors (Lipinski definition) is 5. The number of hydrogen-bond donors (Lipinski definition) is 1. The number of carbonyl (C=O) groups excluding carboxylic acids is 1. The first kappa shape index (κ1) is 20.6. The number of ether oxygens (including phenoxy) is 1. The van der Waals surface area contributed by atoms with E-state index in [9.17, 15) is 4.79 Å². The summed E-state index contributed by atoms with van der Waals surface area (Å²) < 4.78 is 11.2. The minimum Gasteiger partial charge on any atom is -0.441 e. The topological polar surface area (TPSA) is 67.6 Å². The summed E-state index contributed by atoms with van der Waals surface area (Å²) in [5.74, 6) is 0.663. The Balaban J connectivity index is 1.25. The van der Waals surface area contributed by atoms with Crippen molar-refractivity contribution in [1.29, 1.82) is 0 Å². The highest BCUT2D eigenvalue weighted by Gasteiger charge is 2.12. The molecule has 1 amide bonds. The highest BCUT2D eigenvalue weighted by molar-refractivity contribution is 5.97. The molecule has 4 rings (SSSR count). The second kappa shape index (κ2) is 10.4. The van der Waals surface area contributed by atoms with Crippen LogP contribution in [0.1, 0.15) is 34.7 Å². The van der Waals surface area contributed by atoms with Crippen LogP contribution in [0.2, 0.25) is 0 Å². The van der Waals surface area contributed by atoms with E-state index < -0.39 is 0 Å². The van der Waals surface area contributed by atoms with E-state index in [1.54, 1.807) is 6.07 Å². The van der Waals surface area contributed by atoms with Crippen molar-refractivity contribution >= 4 is 17.0 Å². The summed E-state index contributed by atoms with van der Waals surface area (Å²) in [6, 6.07) is 15.9. The Hall–Kier alpha value is -2.70. The lowest BCUT2D eigenvalue weighted by Crippen LogP contribution is -2.38. The normalized spacial score (nSPS) is 14.8. The predicted octanol–water partition coefficient (Wildman–Crippen LogP) is 3.46. The number of benzene rings is 2. The molecule has 0 atom stereocenters. The molecule has 3 aromatic rings. The molecule has 1 N–H and O–H groups in total. The van der Waals surface area contributed by atoms with Crippen molar-refractivity contribution in [2.24, 2.45) is 0 Å². The maximum absolute atomic E-state index is 12.5. The Labute approximate surface area is 177 Å². The van der Waals surface area contributed by atoms with E-state index in [1.165, 1.54) is 5.56 Å².